The van der Waals surface area contributed by atoms with Crippen molar-refractivity contribution in [3.05, 3.63) is 40.9 Å². The van der Waals surface area contributed by atoms with Gasteiger partial charge >= 0.3 is 0 Å². The van der Waals surface area contributed by atoms with Crippen LogP contribution in [0.5, 0.6) is 0 Å². The Hall–Kier alpha value is -1.44. The maximum absolute atomic E-state index is 12.1. The van der Waals surface area contributed by atoms with Crippen LogP contribution in [0.15, 0.2) is 34.5 Å². The van der Waals surface area contributed by atoms with E-state index in [-0.39, 0.29) is 4.90 Å². The number of benzene rings is 1. The summed E-state index contributed by atoms with van der Waals surface area (Å²) in [5.74, 6) is 0. The fourth-order valence-corrected chi connectivity index (χ4v) is 3.52. The van der Waals surface area contributed by atoms with E-state index >= 15 is 0 Å². The molecule has 0 aliphatic carbocycles. The van der Waals surface area contributed by atoms with Gasteiger partial charge in [-0.15, -0.1) is 11.3 Å². The molecule has 0 unspecified atom stereocenters. The van der Waals surface area contributed by atoms with Gasteiger partial charge in [0.05, 0.1) is 10.6 Å². The molecule has 0 radical (unpaired) electrons. The third-order valence-corrected chi connectivity index (χ3v) is 4.87. The Balaban J connectivity index is 2.19. The first kappa shape index (κ1) is 14.0. The summed E-state index contributed by atoms with van der Waals surface area (Å²) >= 11 is 1.26. The Morgan fingerprint density at radius 2 is 2.00 bits per heavy atom. The van der Waals surface area contributed by atoms with Gasteiger partial charge in [-0.25, -0.2) is 13.4 Å². The molecule has 2 rings (SSSR count). The van der Waals surface area contributed by atoms with Crippen molar-refractivity contribution in [2.45, 2.75) is 18.2 Å². The molecule has 2 aromatic rings. The number of thiazole rings is 1. The average Bonchev–Trinajstić information content (AvgIpc) is 2.75. The summed E-state index contributed by atoms with van der Waals surface area (Å²) in [6, 6.07) is 6.70. The second-order valence-corrected chi connectivity index (χ2v) is 6.62. The van der Waals surface area contributed by atoms with Gasteiger partial charge in [-0.2, -0.15) is 0 Å². The van der Waals surface area contributed by atoms with Crippen LogP contribution >= 0.6 is 11.3 Å². The fraction of sp³-hybridized carbons (Fsp3) is 0.250. The summed E-state index contributed by atoms with van der Waals surface area (Å²) in [7, 11) is -3.57. The summed E-state index contributed by atoms with van der Waals surface area (Å²) in [6.07, 6.45) is 0.736. The SMILES string of the molecule is Cc1csc(NS(=O)(=O)c2ccc(CCN)cc2)n1. The van der Waals surface area contributed by atoms with Crippen molar-refractivity contribution in [2.24, 2.45) is 5.73 Å². The van der Waals surface area contributed by atoms with Gasteiger partial charge in [-0.05, 0) is 37.6 Å². The normalized spacial score (nSPS) is 11.5. The van der Waals surface area contributed by atoms with Crippen molar-refractivity contribution in [1.29, 1.82) is 0 Å². The van der Waals surface area contributed by atoms with Crippen LogP contribution in [0.3, 0.4) is 0 Å². The van der Waals surface area contributed by atoms with Gasteiger partial charge in [-0.1, -0.05) is 12.1 Å². The van der Waals surface area contributed by atoms with Gasteiger partial charge < -0.3 is 5.73 Å². The zero-order valence-electron chi connectivity index (χ0n) is 10.5. The molecule has 0 bridgehead atoms. The predicted octanol–water partition coefficient (Wildman–Crippen LogP) is 1.75. The van der Waals surface area contributed by atoms with E-state index in [1.807, 2.05) is 6.92 Å². The van der Waals surface area contributed by atoms with Gasteiger partial charge in [0.25, 0.3) is 10.0 Å². The second kappa shape index (κ2) is 5.68. The molecule has 0 amide bonds. The Morgan fingerprint density at radius 3 is 2.53 bits per heavy atom. The Kier molecular flexibility index (Phi) is 4.18. The number of rotatable bonds is 5. The third-order valence-electron chi connectivity index (χ3n) is 2.51. The Labute approximate surface area is 116 Å². The highest BCUT2D eigenvalue weighted by Gasteiger charge is 2.15. The summed E-state index contributed by atoms with van der Waals surface area (Å²) in [6.45, 7) is 2.36. The number of nitrogens with one attached hydrogen (secondary N) is 1. The van der Waals surface area contributed by atoms with Gasteiger partial charge in [0.1, 0.15) is 0 Å². The van der Waals surface area contributed by atoms with E-state index in [0.29, 0.717) is 11.7 Å². The molecular formula is C12H15N3O2S2. The van der Waals surface area contributed by atoms with Crippen LogP contribution in [0.1, 0.15) is 11.3 Å². The highest BCUT2D eigenvalue weighted by Crippen LogP contribution is 2.20. The lowest BCUT2D eigenvalue weighted by atomic mass is 10.2. The molecule has 1 aromatic heterocycles. The lowest BCUT2D eigenvalue weighted by Gasteiger charge is -2.06. The van der Waals surface area contributed by atoms with E-state index in [2.05, 4.69) is 9.71 Å². The minimum Gasteiger partial charge on any atom is -0.330 e. The van der Waals surface area contributed by atoms with Crippen molar-refractivity contribution < 1.29 is 8.42 Å². The second-order valence-electron chi connectivity index (χ2n) is 4.08. The molecule has 0 spiro atoms. The van der Waals surface area contributed by atoms with E-state index in [9.17, 15) is 8.42 Å². The summed E-state index contributed by atoms with van der Waals surface area (Å²) < 4.78 is 26.7. The molecule has 0 saturated carbocycles. The van der Waals surface area contributed by atoms with Gasteiger partial charge in [0.15, 0.2) is 5.13 Å². The smallest absolute Gasteiger partial charge is 0.263 e. The summed E-state index contributed by atoms with van der Waals surface area (Å²) in [5, 5.41) is 2.17. The van der Waals surface area contributed by atoms with Gasteiger partial charge in [0.2, 0.25) is 0 Å². The van der Waals surface area contributed by atoms with E-state index in [1.165, 1.54) is 11.3 Å². The zero-order valence-corrected chi connectivity index (χ0v) is 12.1. The summed E-state index contributed by atoms with van der Waals surface area (Å²) in [5.41, 5.74) is 7.26. The molecule has 102 valence electrons. The molecule has 0 aliphatic rings. The third kappa shape index (κ3) is 3.52. The molecular weight excluding hydrogens is 282 g/mol. The van der Waals surface area contributed by atoms with Crippen LogP contribution in [-0.4, -0.2) is 19.9 Å². The van der Waals surface area contributed by atoms with Crippen molar-refractivity contribution >= 4 is 26.5 Å². The molecule has 1 aromatic carbocycles. The van der Waals surface area contributed by atoms with Crippen LogP contribution in [-0.2, 0) is 16.4 Å². The van der Waals surface area contributed by atoms with Crippen LogP contribution in [0.2, 0.25) is 0 Å². The molecule has 0 atom stereocenters. The van der Waals surface area contributed by atoms with Crippen molar-refractivity contribution in [2.75, 3.05) is 11.3 Å². The first-order valence-corrected chi connectivity index (χ1v) is 8.11. The van der Waals surface area contributed by atoms with Crippen LogP contribution in [0, 0.1) is 6.92 Å². The standard InChI is InChI=1S/C12H15N3O2S2/c1-9-8-18-12(14-9)15-19(16,17)11-4-2-10(3-5-11)6-7-13/h2-5,8H,6-7,13H2,1H3,(H,14,15). The van der Waals surface area contributed by atoms with Crippen molar-refractivity contribution in [3.63, 3.8) is 0 Å². The highest BCUT2D eigenvalue weighted by molar-refractivity contribution is 7.93. The first-order chi connectivity index (χ1) is 9.01. The summed E-state index contributed by atoms with van der Waals surface area (Å²) in [4.78, 5) is 4.30. The molecule has 1 heterocycles. The molecule has 3 N–H and O–H groups in total. The zero-order chi connectivity index (χ0) is 13.9. The molecule has 5 nitrogen and oxygen atoms in total. The average molecular weight is 297 g/mol. The minimum absolute atomic E-state index is 0.223. The maximum atomic E-state index is 12.1. The maximum Gasteiger partial charge on any atom is 0.263 e. The predicted molar refractivity (Wildman–Crippen MR) is 76.9 cm³/mol. The number of hydrogen-bond donors (Lipinski definition) is 2. The van der Waals surface area contributed by atoms with Crippen LogP contribution in [0.4, 0.5) is 5.13 Å². The number of sulfonamides is 1. The van der Waals surface area contributed by atoms with E-state index in [4.69, 9.17) is 5.73 Å². The minimum atomic E-state index is -3.57. The van der Waals surface area contributed by atoms with E-state index in [1.54, 1.807) is 29.6 Å². The number of nitrogens with two attached hydrogens (primary N) is 1. The number of anilines is 1. The Bertz CT molecular complexity index is 648. The number of aromatic nitrogens is 1. The molecule has 0 aliphatic heterocycles. The number of hydrogen-bond acceptors (Lipinski definition) is 5. The fourth-order valence-electron chi connectivity index (χ4n) is 1.58. The first-order valence-electron chi connectivity index (χ1n) is 5.75. The van der Waals surface area contributed by atoms with Crippen molar-refractivity contribution in [1.82, 2.24) is 4.98 Å². The molecule has 0 fully saturated rings. The number of aryl methyl sites for hydroxylation is 1. The highest BCUT2D eigenvalue weighted by atomic mass is 32.2. The van der Waals surface area contributed by atoms with Crippen LogP contribution in [0.25, 0.3) is 0 Å². The largest absolute Gasteiger partial charge is 0.330 e. The lowest BCUT2D eigenvalue weighted by molar-refractivity contribution is 0.601. The molecule has 7 heteroatoms. The van der Waals surface area contributed by atoms with Crippen molar-refractivity contribution in [3.8, 4) is 0 Å². The van der Waals surface area contributed by atoms with E-state index in [0.717, 1.165) is 17.7 Å². The topological polar surface area (TPSA) is 85.1 Å². The molecule has 19 heavy (non-hydrogen) atoms. The monoisotopic (exact) mass is 297 g/mol. The quantitative estimate of drug-likeness (QED) is 0.880. The number of nitrogens with zero attached hydrogens (tertiary/aromatic N) is 1. The Morgan fingerprint density at radius 1 is 1.32 bits per heavy atom. The van der Waals surface area contributed by atoms with Gasteiger partial charge in [0, 0.05) is 5.38 Å². The van der Waals surface area contributed by atoms with E-state index < -0.39 is 10.0 Å². The molecule has 0 saturated heterocycles. The van der Waals surface area contributed by atoms with Gasteiger partial charge in [-0.3, -0.25) is 4.72 Å². The van der Waals surface area contributed by atoms with Crippen LogP contribution < -0.4 is 10.5 Å². The lowest BCUT2D eigenvalue weighted by Crippen LogP contribution is -2.13.